The van der Waals surface area contributed by atoms with E-state index in [-0.39, 0.29) is 6.10 Å². The van der Waals surface area contributed by atoms with E-state index in [2.05, 4.69) is 15.1 Å². The number of anilines is 1. The molecule has 0 bridgehead atoms. The van der Waals surface area contributed by atoms with Crippen LogP contribution in [0.4, 0.5) is 5.82 Å². The van der Waals surface area contributed by atoms with Gasteiger partial charge < -0.3 is 10.0 Å². The Labute approximate surface area is 134 Å². The van der Waals surface area contributed by atoms with Crippen LogP contribution in [0.1, 0.15) is 12.8 Å². The summed E-state index contributed by atoms with van der Waals surface area (Å²) in [5.41, 5.74) is 1.73. The number of fused-ring (bicyclic) bond motifs is 1. The Hall–Kier alpha value is -2.47. The van der Waals surface area contributed by atoms with E-state index < -0.39 is 0 Å². The summed E-state index contributed by atoms with van der Waals surface area (Å²) in [5.74, 6) is 2.17. The van der Waals surface area contributed by atoms with Crippen LogP contribution in [0.3, 0.4) is 0 Å². The van der Waals surface area contributed by atoms with Gasteiger partial charge in [-0.3, -0.25) is 0 Å². The van der Waals surface area contributed by atoms with E-state index in [1.165, 1.54) is 0 Å². The molecule has 1 aliphatic carbocycles. The molecule has 1 aromatic carbocycles. The summed E-state index contributed by atoms with van der Waals surface area (Å²) in [7, 11) is 2.03. The molecular formula is C17H19N5O. The molecule has 6 nitrogen and oxygen atoms in total. The van der Waals surface area contributed by atoms with Crippen molar-refractivity contribution < 1.29 is 5.11 Å². The zero-order valence-electron chi connectivity index (χ0n) is 13.0. The topological polar surface area (TPSA) is 66.5 Å². The summed E-state index contributed by atoms with van der Waals surface area (Å²) in [5, 5.41) is 22.6. The largest absolute Gasteiger partial charge is 0.393 e. The smallest absolute Gasteiger partial charge is 0.185 e. The molecule has 0 radical (unpaired) electrons. The molecule has 118 valence electrons. The summed E-state index contributed by atoms with van der Waals surface area (Å²) in [6, 6.07) is 13.9. The molecule has 1 saturated carbocycles. The number of aliphatic hydroxyl groups excluding tert-OH is 1. The maximum absolute atomic E-state index is 9.42. The summed E-state index contributed by atoms with van der Waals surface area (Å²) in [4.78, 5) is 2.13. The minimum atomic E-state index is -0.119. The van der Waals surface area contributed by atoms with Crippen molar-refractivity contribution in [3.05, 3.63) is 42.5 Å². The fraction of sp³-hybridized carbons (Fsp3) is 0.353. The third-order valence-corrected chi connectivity index (χ3v) is 4.41. The lowest BCUT2D eigenvalue weighted by molar-refractivity contribution is 0.0464. The van der Waals surface area contributed by atoms with Gasteiger partial charge in [-0.05, 0) is 30.9 Å². The predicted molar refractivity (Wildman–Crippen MR) is 88.2 cm³/mol. The molecule has 2 heterocycles. The number of aromatic nitrogens is 4. The van der Waals surface area contributed by atoms with E-state index in [9.17, 15) is 5.11 Å². The minimum absolute atomic E-state index is 0.119. The van der Waals surface area contributed by atoms with Gasteiger partial charge in [0.25, 0.3) is 0 Å². The van der Waals surface area contributed by atoms with Crippen molar-refractivity contribution in [2.45, 2.75) is 18.9 Å². The first-order valence-corrected chi connectivity index (χ1v) is 7.88. The van der Waals surface area contributed by atoms with Crippen molar-refractivity contribution in [1.82, 2.24) is 19.8 Å². The molecule has 0 atom stereocenters. The van der Waals surface area contributed by atoms with Crippen molar-refractivity contribution in [2.75, 3.05) is 18.5 Å². The van der Waals surface area contributed by atoms with E-state index in [4.69, 9.17) is 5.10 Å². The number of rotatable bonds is 4. The van der Waals surface area contributed by atoms with Gasteiger partial charge in [0.15, 0.2) is 11.5 Å². The number of hydrogen-bond donors (Lipinski definition) is 1. The lowest BCUT2D eigenvalue weighted by Gasteiger charge is -2.34. The number of aliphatic hydroxyl groups is 1. The molecule has 1 aliphatic rings. The highest BCUT2D eigenvalue weighted by molar-refractivity contribution is 5.59. The van der Waals surface area contributed by atoms with Gasteiger partial charge >= 0.3 is 0 Å². The quantitative estimate of drug-likeness (QED) is 0.798. The summed E-state index contributed by atoms with van der Waals surface area (Å²) in [6.45, 7) is 0.901. The lowest BCUT2D eigenvalue weighted by Crippen LogP contribution is -2.37. The zero-order chi connectivity index (χ0) is 15.8. The Kier molecular flexibility index (Phi) is 3.46. The fourth-order valence-electron chi connectivity index (χ4n) is 3.08. The highest BCUT2D eigenvalue weighted by Crippen LogP contribution is 2.28. The molecule has 23 heavy (non-hydrogen) atoms. The maximum Gasteiger partial charge on any atom is 0.185 e. The first-order chi connectivity index (χ1) is 11.2. The van der Waals surface area contributed by atoms with Crippen LogP contribution in [0.5, 0.6) is 0 Å². The van der Waals surface area contributed by atoms with Gasteiger partial charge in [0.1, 0.15) is 5.82 Å². The lowest BCUT2D eigenvalue weighted by atomic mass is 9.82. The average molecular weight is 309 g/mol. The van der Waals surface area contributed by atoms with Gasteiger partial charge in [-0.2, -0.15) is 4.52 Å². The van der Waals surface area contributed by atoms with Crippen molar-refractivity contribution in [3.63, 3.8) is 0 Å². The second kappa shape index (κ2) is 5.62. The first kappa shape index (κ1) is 14.1. The van der Waals surface area contributed by atoms with Gasteiger partial charge in [-0.1, -0.05) is 30.3 Å². The molecular weight excluding hydrogens is 290 g/mol. The maximum atomic E-state index is 9.42. The Morgan fingerprint density at radius 1 is 1.13 bits per heavy atom. The molecule has 1 N–H and O–H groups in total. The Morgan fingerprint density at radius 3 is 2.65 bits per heavy atom. The van der Waals surface area contributed by atoms with E-state index in [0.717, 1.165) is 42.2 Å². The van der Waals surface area contributed by atoms with Crippen molar-refractivity contribution in [1.29, 1.82) is 0 Å². The molecule has 2 aromatic heterocycles. The highest BCUT2D eigenvalue weighted by Gasteiger charge is 2.28. The van der Waals surface area contributed by atoms with Gasteiger partial charge in [-0.25, -0.2) is 0 Å². The van der Waals surface area contributed by atoms with E-state index in [1.54, 1.807) is 4.52 Å². The molecule has 0 amide bonds. The molecule has 6 heteroatoms. The molecule has 0 saturated heterocycles. The van der Waals surface area contributed by atoms with Gasteiger partial charge in [0, 0.05) is 19.2 Å². The zero-order valence-corrected chi connectivity index (χ0v) is 13.0. The first-order valence-electron chi connectivity index (χ1n) is 7.88. The number of benzene rings is 1. The summed E-state index contributed by atoms with van der Waals surface area (Å²) < 4.78 is 1.79. The van der Waals surface area contributed by atoms with Crippen LogP contribution in [0.25, 0.3) is 17.0 Å². The number of hydrogen-bond acceptors (Lipinski definition) is 5. The van der Waals surface area contributed by atoms with Crippen molar-refractivity contribution >= 4 is 11.5 Å². The van der Waals surface area contributed by atoms with E-state index >= 15 is 0 Å². The highest BCUT2D eigenvalue weighted by atomic mass is 16.3. The summed E-state index contributed by atoms with van der Waals surface area (Å²) >= 11 is 0. The van der Waals surface area contributed by atoms with Crippen LogP contribution in [-0.4, -0.2) is 44.6 Å². The Bertz CT molecular complexity index is 810. The monoisotopic (exact) mass is 309 g/mol. The molecule has 4 rings (SSSR count). The van der Waals surface area contributed by atoms with Gasteiger partial charge in [-0.15, -0.1) is 15.3 Å². The van der Waals surface area contributed by atoms with E-state index in [0.29, 0.717) is 5.92 Å². The van der Waals surface area contributed by atoms with Crippen LogP contribution in [0.2, 0.25) is 0 Å². The normalized spacial score (nSPS) is 20.4. The molecule has 1 fully saturated rings. The second-order valence-electron chi connectivity index (χ2n) is 6.22. The van der Waals surface area contributed by atoms with Crippen LogP contribution in [0, 0.1) is 5.92 Å². The van der Waals surface area contributed by atoms with Gasteiger partial charge in [0.05, 0.1) is 6.10 Å². The molecule has 0 unspecified atom stereocenters. The molecule has 0 spiro atoms. The molecule has 0 aliphatic heterocycles. The average Bonchev–Trinajstić information content (AvgIpc) is 2.97. The van der Waals surface area contributed by atoms with Crippen molar-refractivity contribution in [3.8, 4) is 11.4 Å². The number of nitrogens with zero attached hydrogens (tertiary/aromatic N) is 5. The second-order valence-corrected chi connectivity index (χ2v) is 6.22. The van der Waals surface area contributed by atoms with Crippen molar-refractivity contribution in [2.24, 2.45) is 5.92 Å². The van der Waals surface area contributed by atoms with Crippen LogP contribution in [-0.2, 0) is 0 Å². The fourth-order valence-corrected chi connectivity index (χ4v) is 3.08. The standard InChI is InChI=1S/C17H19N5O/c1-21(11-12-9-14(23)10-12)16-8-7-15-18-19-17(22(15)20-16)13-5-3-2-4-6-13/h2-8,12,14,23H,9-11H2,1H3. The van der Waals surface area contributed by atoms with Crippen LogP contribution in [0.15, 0.2) is 42.5 Å². The third kappa shape index (κ3) is 2.66. The van der Waals surface area contributed by atoms with Gasteiger partial charge in [0.2, 0.25) is 0 Å². The summed E-state index contributed by atoms with van der Waals surface area (Å²) in [6.07, 6.45) is 1.65. The minimum Gasteiger partial charge on any atom is -0.393 e. The van der Waals surface area contributed by atoms with Crippen LogP contribution >= 0.6 is 0 Å². The predicted octanol–water partition coefficient (Wildman–Crippen LogP) is 2.00. The van der Waals surface area contributed by atoms with Crippen LogP contribution < -0.4 is 4.90 Å². The van der Waals surface area contributed by atoms with E-state index in [1.807, 2.05) is 49.5 Å². The Morgan fingerprint density at radius 2 is 1.91 bits per heavy atom. The SMILES string of the molecule is CN(CC1CC(O)C1)c1ccc2nnc(-c3ccccc3)n2n1. The molecule has 3 aromatic rings. The third-order valence-electron chi connectivity index (χ3n) is 4.41. The Balaban J connectivity index is 1.64.